The highest BCUT2D eigenvalue weighted by atomic mass is 19.4. The van der Waals surface area contributed by atoms with Crippen molar-refractivity contribution in [2.45, 2.75) is 25.1 Å². The zero-order valence-electron chi connectivity index (χ0n) is 14.1. The highest BCUT2D eigenvalue weighted by Crippen LogP contribution is 2.27. The number of halogens is 3. The van der Waals surface area contributed by atoms with Crippen molar-refractivity contribution >= 4 is 17.8 Å². The van der Waals surface area contributed by atoms with Crippen molar-refractivity contribution in [3.05, 3.63) is 29.8 Å². The van der Waals surface area contributed by atoms with Gasteiger partial charge in [-0.3, -0.25) is 14.5 Å². The smallest absolute Gasteiger partial charge is 0.405 e. The molecule has 2 N–H and O–H groups in total. The first-order chi connectivity index (χ1) is 12.1. The molecule has 7 nitrogen and oxygen atoms in total. The minimum atomic E-state index is -4.58. The van der Waals surface area contributed by atoms with Crippen LogP contribution in [0.25, 0.3) is 0 Å². The minimum absolute atomic E-state index is 0.0995. The molecule has 1 atom stereocenters. The summed E-state index contributed by atoms with van der Waals surface area (Å²) in [7, 11) is 1.47. The number of carbonyl (C=O) groups is 3. The first-order valence-electron chi connectivity index (χ1n) is 7.65. The average Bonchev–Trinajstić information content (AvgIpc) is 2.76. The van der Waals surface area contributed by atoms with Gasteiger partial charge >= 0.3 is 12.2 Å². The number of amides is 4. The van der Waals surface area contributed by atoms with Crippen molar-refractivity contribution < 1.29 is 32.3 Å². The third kappa shape index (κ3) is 4.44. The van der Waals surface area contributed by atoms with E-state index < -0.39 is 42.7 Å². The number of ether oxygens (including phenoxy) is 1. The second-order valence-corrected chi connectivity index (χ2v) is 6.03. The van der Waals surface area contributed by atoms with Crippen molar-refractivity contribution in [3.8, 4) is 5.75 Å². The van der Waals surface area contributed by atoms with E-state index in [0.29, 0.717) is 16.2 Å². The maximum atomic E-state index is 12.6. The highest BCUT2D eigenvalue weighted by Gasteiger charge is 2.48. The predicted molar refractivity (Wildman–Crippen MR) is 84.4 cm³/mol. The lowest BCUT2D eigenvalue weighted by Crippen LogP contribution is -2.47. The lowest BCUT2D eigenvalue weighted by Gasteiger charge is -2.22. The fraction of sp³-hybridized carbons (Fsp3) is 0.438. The van der Waals surface area contributed by atoms with Crippen LogP contribution in [0.3, 0.4) is 0 Å². The van der Waals surface area contributed by atoms with E-state index in [1.54, 1.807) is 29.6 Å². The predicted octanol–water partition coefficient (Wildman–Crippen LogP) is 1.23. The van der Waals surface area contributed by atoms with Gasteiger partial charge in [0, 0.05) is 6.42 Å². The molecule has 0 unspecified atom stereocenters. The summed E-state index contributed by atoms with van der Waals surface area (Å²) in [5.74, 6) is -1.25. The van der Waals surface area contributed by atoms with Crippen molar-refractivity contribution in [1.29, 1.82) is 0 Å². The Hall–Kier alpha value is -2.78. The lowest BCUT2D eigenvalue weighted by molar-refractivity contribution is -0.141. The van der Waals surface area contributed by atoms with Gasteiger partial charge in [-0.1, -0.05) is 18.2 Å². The summed E-state index contributed by atoms with van der Waals surface area (Å²) >= 11 is 0. The monoisotopic (exact) mass is 373 g/mol. The van der Waals surface area contributed by atoms with E-state index in [4.69, 9.17) is 4.74 Å². The molecule has 1 saturated heterocycles. The molecule has 0 aromatic heterocycles. The van der Waals surface area contributed by atoms with Crippen molar-refractivity contribution in [3.63, 3.8) is 0 Å². The van der Waals surface area contributed by atoms with E-state index in [1.165, 1.54) is 14.0 Å². The SMILES string of the molecule is COc1ccccc1C[C@@]1(C)NC(=O)N(CC(=O)NCC(F)(F)F)C1=O. The molecule has 0 bridgehead atoms. The molecular formula is C16H18F3N3O4. The van der Waals surface area contributed by atoms with Gasteiger partial charge in [-0.15, -0.1) is 0 Å². The summed E-state index contributed by atoms with van der Waals surface area (Å²) < 4.78 is 41.6. The van der Waals surface area contributed by atoms with Crippen LogP contribution in [0.5, 0.6) is 5.75 Å². The number of nitrogens with zero attached hydrogens (tertiary/aromatic N) is 1. The molecule has 1 aromatic carbocycles. The Morgan fingerprint density at radius 1 is 1.31 bits per heavy atom. The van der Waals surface area contributed by atoms with Crippen LogP contribution in [-0.2, 0) is 16.0 Å². The van der Waals surface area contributed by atoms with Crippen LogP contribution >= 0.6 is 0 Å². The van der Waals surface area contributed by atoms with E-state index in [-0.39, 0.29) is 6.42 Å². The Morgan fingerprint density at radius 3 is 2.58 bits per heavy atom. The number of hydrogen-bond donors (Lipinski definition) is 2. The molecule has 1 fully saturated rings. The van der Waals surface area contributed by atoms with E-state index in [0.717, 1.165) is 0 Å². The number of rotatable bonds is 6. The average molecular weight is 373 g/mol. The molecule has 1 heterocycles. The summed E-state index contributed by atoms with van der Waals surface area (Å²) in [6.45, 7) is -0.844. The Bertz CT molecular complexity index is 723. The van der Waals surface area contributed by atoms with E-state index >= 15 is 0 Å². The maximum Gasteiger partial charge on any atom is 0.405 e. The molecule has 0 spiro atoms. The van der Waals surface area contributed by atoms with Gasteiger partial charge in [-0.25, -0.2) is 4.79 Å². The molecular weight excluding hydrogens is 355 g/mol. The first kappa shape index (κ1) is 19.5. The number of imide groups is 1. The largest absolute Gasteiger partial charge is 0.496 e. The number of urea groups is 1. The number of carbonyl (C=O) groups excluding carboxylic acids is 3. The van der Waals surface area contributed by atoms with Gasteiger partial charge in [-0.05, 0) is 18.6 Å². The van der Waals surface area contributed by atoms with E-state index in [2.05, 4.69) is 5.32 Å². The van der Waals surface area contributed by atoms with Gasteiger partial charge in [0.05, 0.1) is 7.11 Å². The van der Waals surface area contributed by atoms with Gasteiger partial charge in [0.2, 0.25) is 5.91 Å². The van der Waals surface area contributed by atoms with Gasteiger partial charge in [-0.2, -0.15) is 13.2 Å². The van der Waals surface area contributed by atoms with Gasteiger partial charge < -0.3 is 15.4 Å². The number of nitrogens with one attached hydrogen (secondary N) is 2. The second-order valence-electron chi connectivity index (χ2n) is 6.03. The second kappa shape index (κ2) is 7.22. The van der Waals surface area contributed by atoms with Crippen LogP contribution in [0.15, 0.2) is 24.3 Å². The van der Waals surface area contributed by atoms with Crippen LogP contribution in [0.2, 0.25) is 0 Å². The van der Waals surface area contributed by atoms with Crippen LogP contribution in [0.1, 0.15) is 12.5 Å². The number of methoxy groups -OCH3 is 1. The van der Waals surface area contributed by atoms with Gasteiger partial charge in [0.25, 0.3) is 5.91 Å². The molecule has 4 amide bonds. The molecule has 142 valence electrons. The zero-order chi connectivity index (χ0) is 19.5. The topological polar surface area (TPSA) is 87.7 Å². The van der Waals surface area contributed by atoms with Crippen molar-refractivity contribution in [2.24, 2.45) is 0 Å². The molecule has 1 aromatic rings. The summed E-state index contributed by atoms with van der Waals surface area (Å²) in [6, 6.07) is 6.07. The highest BCUT2D eigenvalue weighted by molar-refractivity contribution is 6.09. The molecule has 10 heteroatoms. The van der Waals surface area contributed by atoms with Crippen LogP contribution in [0, 0.1) is 0 Å². The molecule has 0 aliphatic carbocycles. The molecule has 1 aliphatic rings. The summed E-state index contributed by atoms with van der Waals surface area (Å²) in [5.41, 5.74) is -0.676. The van der Waals surface area contributed by atoms with Crippen molar-refractivity contribution in [2.75, 3.05) is 20.2 Å². The first-order valence-corrected chi connectivity index (χ1v) is 7.65. The molecule has 2 rings (SSSR count). The summed E-state index contributed by atoms with van der Waals surface area (Å²) in [5, 5.41) is 4.12. The lowest BCUT2D eigenvalue weighted by atomic mass is 9.92. The fourth-order valence-corrected chi connectivity index (χ4v) is 2.64. The minimum Gasteiger partial charge on any atom is -0.496 e. The maximum absolute atomic E-state index is 12.6. The van der Waals surface area contributed by atoms with Crippen molar-refractivity contribution in [1.82, 2.24) is 15.5 Å². The Morgan fingerprint density at radius 2 is 1.96 bits per heavy atom. The Labute approximate surface area is 147 Å². The Kier molecular flexibility index (Phi) is 5.43. The molecule has 26 heavy (non-hydrogen) atoms. The van der Waals surface area contributed by atoms with Gasteiger partial charge in [0.15, 0.2) is 0 Å². The number of alkyl halides is 3. The van der Waals surface area contributed by atoms with E-state index in [9.17, 15) is 27.6 Å². The third-order valence-corrected chi connectivity index (χ3v) is 3.87. The molecule has 0 radical (unpaired) electrons. The quantitative estimate of drug-likeness (QED) is 0.735. The summed E-state index contributed by atoms with van der Waals surface area (Å²) in [6.07, 6.45) is -4.48. The normalized spacial score (nSPS) is 20.1. The molecule has 0 saturated carbocycles. The fourth-order valence-electron chi connectivity index (χ4n) is 2.64. The van der Waals surface area contributed by atoms with Gasteiger partial charge in [0.1, 0.15) is 24.4 Å². The Balaban J connectivity index is 2.08. The van der Waals surface area contributed by atoms with Crippen LogP contribution in [0.4, 0.5) is 18.0 Å². The third-order valence-electron chi connectivity index (χ3n) is 3.87. The van der Waals surface area contributed by atoms with Crippen LogP contribution in [-0.4, -0.2) is 54.7 Å². The standard InChI is InChI=1S/C16H18F3N3O4/c1-15(7-10-5-3-4-6-11(10)26-2)13(24)22(14(25)21-15)8-12(23)20-9-16(17,18)19/h3-6H,7-9H2,1-2H3,(H,20,23)(H,21,25)/t15-/m1/s1. The number of para-hydroxylation sites is 1. The van der Waals surface area contributed by atoms with E-state index in [1.807, 2.05) is 0 Å². The number of benzene rings is 1. The molecule has 1 aliphatic heterocycles. The zero-order valence-corrected chi connectivity index (χ0v) is 14.1. The summed E-state index contributed by atoms with van der Waals surface area (Å²) in [4.78, 5) is 36.8. The van der Waals surface area contributed by atoms with Crippen LogP contribution < -0.4 is 15.4 Å². The number of hydrogen-bond acceptors (Lipinski definition) is 4.